The zero-order chi connectivity index (χ0) is 36.4. The lowest BCUT2D eigenvalue weighted by atomic mass is 9.85. The van der Waals surface area contributed by atoms with Crippen LogP contribution >= 0.6 is 11.8 Å². The quantitative estimate of drug-likeness (QED) is 0.104. The minimum atomic E-state index is -1.00. The van der Waals surface area contributed by atoms with Crippen molar-refractivity contribution in [1.82, 2.24) is 20.9 Å². The second kappa shape index (κ2) is 21.9. The van der Waals surface area contributed by atoms with Crippen LogP contribution in [0.3, 0.4) is 0 Å². The summed E-state index contributed by atoms with van der Waals surface area (Å²) < 4.78 is 5.65. The van der Waals surface area contributed by atoms with Gasteiger partial charge in [-0.05, 0) is 77.7 Å². The SMILES string of the molecule is CCCCNC(=O)[C@H](C)C[C@H](O)[C@H](CSCc1ccccc1)NC(=O)[C@H](C)NC(=O)[C@H]1[C@@H](CC/C=C/CO)CCCN1C(=O)OC(C)(C)C. The molecule has 1 aromatic rings. The number of hydrogen-bond donors (Lipinski definition) is 5. The number of carbonyl (C=O) groups excluding carboxylic acids is 4. The highest BCUT2D eigenvalue weighted by atomic mass is 32.2. The molecule has 0 radical (unpaired) electrons. The number of thioether (sulfide) groups is 1. The fraction of sp³-hybridized carbons (Fsp3) is 0.676. The van der Waals surface area contributed by atoms with Gasteiger partial charge in [0.25, 0.3) is 0 Å². The molecule has 0 bridgehead atoms. The Labute approximate surface area is 297 Å². The average Bonchev–Trinajstić information content (AvgIpc) is 3.05. The Morgan fingerprint density at radius 1 is 1.08 bits per heavy atom. The molecule has 1 heterocycles. The predicted molar refractivity (Wildman–Crippen MR) is 195 cm³/mol. The summed E-state index contributed by atoms with van der Waals surface area (Å²) in [7, 11) is 0. The van der Waals surface area contributed by atoms with E-state index in [4.69, 9.17) is 9.84 Å². The Hall–Kier alpha value is -3.09. The van der Waals surface area contributed by atoms with Gasteiger partial charge in [0.15, 0.2) is 0 Å². The largest absolute Gasteiger partial charge is 0.444 e. The average molecular weight is 705 g/mol. The Bertz CT molecular complexity index is 1190. The van der Waals surface area contributed by atoms with E-state index in [1.54, 1.807) is 52.5 Å². The number of nitrogens with one attached hydrogen (secondary N) is 3. The third-order valence-electron chi connectivity index (χ3n) is 8.45. The minimum Gasteiger partial charge on any atom is -0.444 e. The maximum Gasteiger partial charge on any atom is 0.410 e. The molecule has 0 unspecified atom stereocenters. The molecule has 5 N–H and O–H groups in total. The van der Waals surface area contributed by atoms with Crippen LogP contribution in [0.2, 0.25) is 0 Å². The molecule has 1 aliphatic heterocycles. The van der Waals surface area contributed by atoms with Crippen molar-refractivity contribution in [3.63, 3.8) is 0 Å². The normalized spacial score (nSPS) is 19.1. The van der Waals surface area contributed by atoms with Crippen molar-refractivity contribution in [3.05, 3.63) is 48.0 Å². The van der Waals surface area contributed by atoms with Crippen LogP contribution in [0, 0.1) is 11.8 Å². The monoisotopic (exact) mass is 704 g/mol. The molecule has 12 heteroatoms. The van der Waals surface area contributed by atoms with Crippen molar-refractivity contribution in [2.45, 2.75) is 122 Å². The first kappa shape index (κ1) is 42.1. The van der Waals surface area contributed by atoms with Crippen molar-refractivity contribution >= 4 is 35.6 Å². The number of unbranched alkanes of at least 4 members (excludes halogenated alkanes) is 1. The third kappa shape index (κ3) is 15.6. The Morgan fingerprint density at radius 2 is 1.80 bits per heavy atom. The van der Waals surface area contributed by atoms with Crippen LogP contribution in [-0.2, 0) is 24.9 Å². The standard InChI is InChI=1S/C37H60N4O7S/c1-7-8-20-38-33(44)26(2)23-31(43)30(25-49-24-28-16-11-9-12-17-28)40-34(45)27(3)39-35(46)32-29(18-13-10-14-22-42)19-15-21-41(32)36(47)48-37(4,5)6/h9-12,14,16-17,26-27,29-32,42-43H,7-8,13,15,18-25H2,1-6H3,(H,38,44)(H,39,46)(H,40,45)/b14-10+/t26-,27+,29+,30+,31+,32-/m1/s1. The van der Waals surface area contributed by atoms with Crippen molar-refractivity contribution in [3.8, 4) is 0 Å². The summed E-state index contributed by atoms with van der Waals surface area (Å²) in [6, 6.07) is 7.41. The molecular formula is C37H60N4O7S. The van der Waals surface area contributed by atoms with E-state index in [1.807, 2.05) is 43.3 Å². The maximum atomic E-state index is 13.9. The first-order valence-corrected chi connectivity index (χ1v) is 18.9. The van der Waals surface area contributed by atoms with Gasteiger partial charge in [0.1, 0.15) is 17.7 Å². The smallest absolute Gasteiger partial charge is 0.410 e. The topological polar surface area (TPSA) is 157 Å². The van der Waals surface area contributed by atoms with Crippen LogP contribution in [0.1, 0.15) is 92.1 Å². The molecule has 1 fully saturated rings. The number of hydrogen-bond acceptors (Lipinski definition) is 8. The zero-order valence-electron chi connectivity index (χ0n) is 30.3. The molecule has 0 aromatic heterocycles. The first-order valence-electron chi connectivity index (χ1n) is 17.7. The molecule has 11 nitrogen and oxygen atoms in total. The maximum absolute atomic E-state index is 13.9. The minimum absolute atomic E-state index is 0.0727. The number of allylic oxidation sites excluding steroid dienone is 1. The van der Waals surface area contributed by atoms with Gasteiger partial charge in [-0.2, -0.15) is 11.8 Å². The van der Waals surface area contributed by atoms with Crippen LogP contribution in [0.25, 0.3) is 0 Å². The molecule has 1 aliphatic rings. The molecular weight excluding hydrogens is 644 g/mol. The van der Waals surface area contributed by atoms with Crippen LogP contribution in [0.15, 0.2) is 42.5 Å². The number of aliphatic hydroxyl groups is 2. The fourth-order valence-corrected chi connectivity index (χ4v) is 6.86. The number of ether oxygens (including phenoxy) is 1. The zero-order valence-corrected chi connectivity index (χ0v) is 31.1. The van der Waals surface area contributed by atoms with Crippen LogP contribution in [0.5, 0.6) is 0 Å². The van der Waals surface area contributed by atoms with Crippen LogP contribution in [-0.4, -0.2) is 94.2 Å². The summed E-state index contributed by atoms with van der Waals surface area (Å²) in [6.45, 7) is 11.6. The summed E-state index contributed by atoms with van der Waals surface area (Å²) in [6.07, 6.45) is 6.60. The number of carbonyl (C=O) groups is 4. The van der Waals surface area contributed by atoms with E-state index in [9.17, 15) is 24.3 Å². The lowest BCUT2D eigenvalue weighted by molar-refractivity contribution is -0.134. The first-order chi connectivity index (χ1) is 23.3. The van der Waals surface area contributed by atoms with E-state index in [1.165, 1.54) is 4.90 Å². The van der Waals surface area contributed by atoms with Crippen molar-refractivity contribution in [2.24, 2.45) is 11.8 Å². The number of benzene rings is 1. The molecule has 0 aliphatic carbocycles. The molecule has 276 valence electrons. The van der Waals surface area contributed by atoms with E-state index < -0.39 is 53.7 Å². The number of amides is 4. The van der Waals surface area contributed by atoms with Gasteiger partial charge in [-0.15, -0.1) is 0 Å². The van der Waals surface area contributed by atoms with Gasteiger partial charge < -0.3 is 30.9 Å². The van der Waals surface area contributed by atoms with Crippen molar-refractivity contribution in [2.75, 3.05) is 25.4 Å². The highest BCUT2D eigenvalue weighted by Gasteiger charge is 2.41. The van der Waals surface area contributed by atoms with Gasteiger partial charge >= 0.3 is 6.09 Å². The lowest BCUT2D eigenvalue weighted by Crippen LogP contribution is -2.60. The highest BCUT2D eigenvalue weighted by molar-refractivity contribution is 7.98. The number of likely N-dealkylation sites (tertiary alicyclic amines) is 1. The van der Waals surface area contributed by atoms with Gasteiger partial charge in [0.05, 0.1) is 18.8 Å². The molecule has 2 rings (SSSR count). The second-order valence-corrected chi connectivity index (χ2v) is 15.0. The third-order valence-corrected chi connectivity index (χ3v) is 9.59. The summed E-state index contributed by atoms with van der Waals surface area (Å²) in [5.74, 6) is -0.622. The Morgan fingerprint density at radius 3 is 2.45 bits per heavy atom. The molecule has 4 amide bonds. The van der Waals surface area contributed by atoms with Gasteiger partial charge in [0, 0.05) is 30.5 Å². The molecule has 0 saturated carbocycles. The van der Waals surface area contributed by atoms with E-state index in [0.717, 1.165) is 24.8 Å². The van der Waals surface area contributed by atoms with Crippen molar-refractivity contribution in [1.29, 1.82) is 0 Å². The predicted octanol–water partition coefficient (Wildman–Crippen LogP) is 4.56. The number of piperidine rings is 1. The van der Waals surface area contributed by atoms with Gasteiger partial charge in [-0.3, -0.25) is 19.3 Å². The highest BCUT2D eigenvalue weighted by Crippen LogP contribution is 2.30. The van der Waals surface area contributed by atoms with Crippen molar-refractivity contribution < 1.29 is 34.1 Å². The molecule has 49 heavy (non-hydrogen) atoms. The molecule has 1 aromatic carbocycles. The van der Waals surface area contributed by atoms with E-state index in [2.05, 4.69) is 16.0 Å². The molecule has 1 saturated heterocycles. The van der Waals surface area contributed by atoms with Crippen LogP contribution < -0.4 is 16.0 Å². The Kier molecular flexibility index (Phi) is 18.8. The van der Waals surface area contributed by atoms with Gasteiger partial charge in [-0.1, -0.05) is 62.8 Å². The second-order valence-electron chi connectivity index (χ2n) is 13.9. The molecule has 6 atom stereocenters. The van der Waals surface area contributed by atoms with Gasteiger partial charge in [-0.25, -0.2) is 4.79 Å². The molecule has 0 spiro atoms. The summed E-state index contributed by atoms with van der Waals surface area (Å²) in [5.41, 5.74) is 0.365. The summed E-state index contributed by atoms with van der Waals surface area (Å²) in [5, 5.41) is 29.1. The fourth-order valence-electron chi connectivity index (χ4n) is 5.76. The van der Waals surface area contributed by atoms with E-state index in [-0.39, 0.29) is 24.9 Å². The van der Waals surface area contributed by atoms with E-state index in [0.29, 0.717) is 43.9 Å². The van der Waals surface area contributed by atoms with E-state index >= 15 is 0 Å². The van der Waals surface area contributed by atoms with Gasteiger partial charge in [0.2, 0.25) is 17.7 Å². The number of rotatable bonds is 19. The lowest BCUT2D eigenvalue weighted by Gasteiger charge is -2.41. The summed E-state index contributed by atoms with van der Waals surface area (Å²) in [4.78, 5) is 54.8. The number of aliphatic hydroxyl groups excluding tert-OH is 2. The number of nitrogens with zero attached hydrogens (tertiary/aromatic N) is 1. The van der Waals surface area contributed by atoms with Crippen LogP contribution in [0.4, 0.5) is 4.79 Å². The Balaban J connectivity index is 2.17. The summed E-state index contributed by atoms with van der Waals surface area (Å²) >= 11 is 1.56.